The van der Waals surface area contributed by atoms with Gasteiger partial charge < -0.3 is 5.32 Å². The smallest absolute Gasteiger partial charge is 0.295 e. The average Bonchev–Trinajstić information content (AvgIpc) is 2.68. The first-order chi connectivity index (χ1) is 13.8. The number of nitro groups is 2. The van der Waals surface area contributed by atoms with E-state index in [9.17, 15) is 20.2 Å². The van der Waals surface area contributed by atoms with Crippen LogP contribution in [0, 0.1) is 20.2 Å². The molecule has 0 radical (unpaired) electrons. The summed E-state index contributed by atoms with van der Waals surface area (Å²) in [4.78, 5) is 29.3. The summed E-state index contributed by atoms with van der Waals surface area (Å²) >= 11 is 12.0. The molecule has 2 aromatic heterocycles. The summed E-state index contributed by atoms with van der Waals surface area (Å²) in [6.07, 6.45) is 3.12. The molecule has 0 fully saturated rings. The van der Waals surface area contributed by atoms with Gasteiger partial charge in [-0.05, 0) is 36.2 Å². The van der Waals surface area contributed by atoms with Crippen LogP contribution in [0.1, 0.15) is 5.56 Å². The lowest BCUT2D eigenvalue weighted by molar-refractivity contribution is -0.385. The normalized spacial score (nSPS) is 10.6. The van der Waals surface area contributed by atoms with E-state index in [-0.39, 0.29) is 22.1 Å². The van der Waals surface area contributed by atoms with Gasteiger partial charge in [-0.1, -0.05) is 23.2 Å². The third-order valence-electron chi connectivity index (χ3n) is 3.99. The molecule has 0 aliphatic heterocycles. The Hall–Kier alpha value is -3.30. The third kappa shape index (κ3) is 4.95. The summed E-state index contributed by atoms with van der Waals surface area (Å²) in [5, 5.41) is 25.9. The first-order valence-corrected chi connectivity index (χ1v) is 9.04. The van der Waals surface area contributed by atoms with Gasteiger partial charge in [-0.2, -0.15) is 0 Å². The third-order valence-corrected chi connectivity index (χ3v) is 4.53. The number of aromatic nitrogens is 2. The second-order valence-corrected chi connectivity index (χ2v) is 6.77. The lowest BCUT2D eigenvalue weighted by Crippen LogP contribution is -2.07. The standard InChI is InChI=1S/C18H13Cl2N5O4/c19-12-1-3-14(15(20)8-12)18-16(25(28)29)7-11(9-23-18)5-6-21-17-4-2-13(10-22-17)24(26)27/h1-4,7-10H,5-6H2,(H,21,22). The zero-order valence-electron chi connectivity index (χ0n) is 14.7. The number of nitrogens with zero attached hydrogens (tertiary/aromatic N) is 4. The first-order valence-electron chi connectivity index (χ1n) is 8.28. The predicted octanol–water partition coefficient (Wildman–Crippen LogP) is 4.92. The molecule has 1 aromatic carbocycles. The molecule has 29 heavy (non-hydrogen) atoms. The van der Waals surface area contributed by atoms with E-state index in [4.69, 9.17) is 23.2 Å². The SMILES string of the molecule is O=[N+]([O-])c1ccc(NCCc2cnc(-c3ccc(Cl)cc3Cl)c([N+](=O)[O-])c2)nc1. The number of hydrogen-bond donors (Lipinski definition) is 1. The first kappa shape index (κ1) is 20.4. The van der Waals surface area contributed by atoms with Crippen molar-refractivity contribution < 1.29 is 9.85 Å². The van der Waals surface area contributed by atoms with Crippen molar-refractivity contribution in [1.29, 1.82) is 0 Å². The van der Waals surface area contributed by atoms with E-state index >= 15 is 0 Å². The Bertz CT molecular complexity index is 1080. The van der Waals surface area contributed by atoms with Crippen LogP contribution in [0.15, 0.2) is 48.8 Å². The zero-order valence-corrected chi connectivity index (χ0v) is 16.2. The molecule has 0 amide bonds. The maximum Gasteiger partial charge on any atom is 0.295 e. The summed E-state index contributed by atoms with van der Waals surface area (Å²) < 4.78 is 0. The van der Waals surface area contributed by atoms with Crippen molar-refractivity contribution >= 4 is 40.4 Å². The summed E-state index contributed by atoms with van der Waals surface area (Å²) in [5.41, 5.74) is 0.944. The van der Waals surface area contributed by atoms with Crippen molar-refractivity contribution in [3.8, 4) is 11.3 Å². The van der Waals surface area contributed by atoms with Crippen LogP contribution in [-0.2, 0) is 6.42 Å². The van der Waals surface area contributed by atoms with Crippen LogP contribution >= 0.6 is 23.2 Å². The summed E-state index contributed by atoms with van der Waals surface area (Å²) in [6.45, 7) is 0.407. The van der Waals surface area contributed by atoms with Gasteiger partial charge in [0.1, 0.15) is 17.7 Å². The highest BCUT2D eigenvalue weighted by atomic mass is 35.5. The van der Waals surface area contributed by atoms with Gasteiger partial charge in [0.2, 0.25) is 0 Å². The predicted molar refractivity (Wildman–Crippen MR) is 109 cm³/mol. The minimum absolute atomic E-state index is 0.105. The maximum absolute atomic E-state index is 11.5. The van der Waals surface area contributed by atoms with Crippen molar-refractivity contribution in [1.82, 2.24) is 9.97 Å². The van der Waals surface area contributed by atoms with E-state index in [1.807, 2.05) is 0 Å². The summed E-state index contributed by atoms with van der Waals surface area (Å²) in [7, 11) is 0. The van der Waals surface area contributed by atoms with Gasteiger partial charge >= 0.3 is 0 Å². The molecule has 0 bridgehead atoms. The second kappa shape index (κ2) is 8.80. The second-order valence-electron chi connectivity index (χ2n) is 5.93. The molecule has 0 spiro atoms. The molecule has 148 valence electrons. The van der Waals surface area contributed by atoms with E-state index in [1.165, 1.54) is 30.5 Å². The van der Waals surface area contributed by atoms with Gasteiger partial charge in [-0.25, -0.2) is 9.97 Å². The van der Waals surface area contributed by atoms with Crippen LogP contribution < -0.4 is 5.32 Å². The van der Waals surface area contributed by atoms with E-state index < -0.39 is 9.85 Å². The fraction of sp³-hybridized carbons (Fsp3) is 0.111. The fourth-order valence-electron chi connectivity index (χ4n) is 2.59. The van der Waals surface area contributed by atoms with E-state index in [1.54, 1.807) is 12.1 Å². The molecule has 3 aromatic rings. The highest BCUT2D eigenvalue weighted by Crippen LogP contribution is 2.34. The number of rotatable bonds is 7. The lowest BCUT2D eigenvalue weighted by Gasteiger charge is -2.08. The van der Waals surface area contributed by atoms with Crippen LogP contribution in [0.5, 0.6) is 0 Å². The molecule has 0 atom stereocenters. The van der Waals surface area contributed by atoms with E-state index in [0.29, 0.717) is 34.9 Å². The Balaban J connectivity index is 1.74. The van der Waals surface area contributed by atoms with Gasteiger partial charge in [0.25, 0.3) is 11.4 Å². The van der Waals surface area contributed by atoms with Crippen LogP contribution in [0.4, 0.5) is 17.2 Å². The highest BCUT2D eigenvalue weighted by molar-refractivity contribution is 6.36. The van der Waals surface area contributed by atoms with Gasteiger partial charge in [0.05, 0.1) is 14.9 Å². The lowest BCUT2D eigenvalue weighted by atomic mass is 10.1. The summed E-state index contributed by atoms with van der Waals surface area (Å²) in [5.74, 6) is 0.461. The van der Waals surface area contributed by atoms with E-state index in [0.717, 1.165) is 6.20 Å². The Morgan fingerprint density at radius 3 is 2.38 bits per heavy atom. The Labute approximate surface area is 174 Å². The van der Waals surface area contributed by atoms with Crippen molar-refractivity contribution in [3.05, 3.63) is 84.6 Å². The molecule has 0 aliphatic rings. The molecule has 1 N–H and O–H groups in total. The van der Waals surface area contributed by atoms with Crippen molar-refractivity contribution in [2.45, 2.75) is 6.42 Å². The largest absolute Gasteiger partial charge is 0.370 e. The monoisotopic (exact) mass is 433 g/mol. The van der Waals surface area contributed by atoms with Gasteiger partial charge in [0.15, 0.2) is 0 Å². The van der Waals surface area contributed by atoms with Crippen LogP contribution in [0.2, 0.25) is 10.0 Å². The average molecular weight is 434 g/mol. The topological polar surface area (TPSA) is 124 Å². The minimum Gasteiger partial charge on any atom is -0.370 e. The molecule has 0 unspecified atom stereocenters. The van der Waals surface area contributed by atoms with Crippen LogP contribution in [0.3, 0.4) is 0 Å². The van der Waals surface area contributed by atoms with Crippen molar-refractivity contribution in [2.24, 2.45) is 0 Å². The van der Waals surface area contributed by atoms with Crippen molar-refractivity contribution in [3.63, 3.8) is 0 Å². The number of anilines is 1. The Morgan fingerprint density at radius 1 is 0.966 bits per heavy atom. The fourth-order valence-corrected chi connectivity index (χ4v) is 3.09. The quantitative estimate of drug-likeness (QED) is 0.413. The molecule has 9 nitrogen and oxygen atoms in total. The number of nitrogens with one attached hydrogen (secondary N) is 1. The Kier molecular flexibility index (Phi) is 6.20. The highest BCUT2D eigenvalue weighted by Gasteiger charge is 2.20. The molecule has 11 heteroatoms. The van der Waals surface area contributed by atoms with Crippen LogP contribution in [0.25, 0.3) is 11.3 Å². The van der Waals surface area contributed by atoms with E-state index in [2.05, 4.69) is 15.3 Å². The molecule has 0 saturated heterocycles. The number of halogens is 2. The van der Waals surface area contributed by atoms with Crippen LogP contribution in [-0.4, -0.2) is 26.4 Å². The Morgan fingerprint density at radius 2 is 1.76 bits per heavy atom. The van der Waals surface area contributed by atoms with Gasteiger partial charge in [0, 0.05) is 35.5 Å². The number of benzene rings is 1. The van der Waals surface area contributed by atoms with Gasteiger partial charge in [-0.3, -0.25) is 20.2 Å². The molecular weight excluding hydrogens is 421 g/mol. The number of pyridine rings is 2. The molecule has 0 aliphatic carbocycles. The minimum atomic E-state index is -0.532. The van der Waals surface area contributed by atoms with Gasteiger partial charge in [-0.15, -0.1) is 0 Å². The zero-order chi connectivity index (χ0) is 21.0. The summed E-state index contributed by atoms with van der Waals surface area (Å²) in [6, 6.07) is 8.94. The molecule has 3 rings (SSSR count). The number of hydrogen-bond acceptors (Lipinski definition) is 7. The van der Waals surface area contributed by atoms with Crippen molar-refractivity contribution in [2.75, 3.05) is 11.9 Å². The molecular formula is C18H13Cl2N5O4. The molecule has 0 saturated carbocycles. The molecule has 2 heterocycles. The maximum atomic E-state index is 11.5.